The van der Waals surface area contributed by atoms with Crippen molar-refractivity contribution in [3.8, 4) is 0 Å². The van der Waals surface area contributed by atoms with Crippen LogP contribution in [0.3, 0.4) is 0 Å². The summed E-state index contributed by atoms with van der Waals surface area (Å²) in [7, 11) is 0. The van der Waals surface area contributed by atoms with E-state index >= 15 is 0 Å². The van der Waals surface area contributed by atoms with Gasteiger partial charge in [0.15, 0.2) is 0 Å². The van der Waals surface area contributed by atoms with E-state index in [1.54, 1.807) is 0 Å². The number of nitrogens with one attached hydrogen (secondary N) is 2. The van der Waals surface area contributed by atoms with Gasteiger partial charge in [0, 0.05) is 27.1 Å². The van der Waals surface area contributed by atoms with E-state index < -0.39 is 0 Å². The van der Waals surface area contributed by atoms with Crippen LogP contribution in [0, 0.1) is 0 Å². The van der Waals surface area contributed by atoms with E-state index in [-0.39, 0.29) is 0 Å². The van der Waals surface area contributed by atoms with Crippen molar-refractivity contribution in [2.24, 2.45) is 0 Å². The highest BCUT2D eigenvalue weighted by Gasteiger charge is 2.12. The van der Waals surface area contributed by atoms with Gasteiger partial charge in [0.2, 0.25) is 0 Å². The summed E-state index contributed by atoms with van der Waals surface area (Å²) in [6, 6.07) is 18.8. The molecule has 0 atom stereocenters. The molecule has 0 unspecified atom stereocenters. The summed E-state index contributed by atoms with van der Waals surface area (Å²) in [5.74, 6) is 0. The van der Waals surface area contributed by atoms with Crippen molar-refractivity contribution in [3.63, 3.8) is 0 Å². The number of aromatic amines is 2. The minimum absolute atomic E-state index is 0.757. The fourth-order valence-electron chi connectivity index (χ4n) is 3.27. The quantitative estimate of drug-likeness (QED) is 0.371. The van der Waals surface area contributed by atoms with Crippen LogP contribution in [0.4, 0.5) is 0 Å². The van der Waals surface area contributed by atoms with Gasteiger partial charge in [-0.05, 0) is 12.1 Å². The molecule has 0 saturated carbocycles. The number of hydrogen-bond donors (Lipinski definition) is 2. The summed E-state index contributed by atoms with van der Waals surface area (Å²) < 4.78 is 0. The minimum atomic E-state index is 0.757. The van der Waals surface area contributed by atoms with Crippen molar-refractivity contribution >= 4 is 55.2 Å². The van der Waals surface area contributed by atoms with Crippen LogP contribution in [0.25, 0.3) is 43.6 Å². The molecule has 2 N–H and O–H groups in total. The molecule has 3 heteroatoms. The molecule has 21 heavy (non-hydrogen) atoms. The molecule has 2 aromatic heterocycles. The molecule has 0 fully saturated rings. The Morgan fingerprint density at radius 3 is 2.14 bits per heavy atom. The molecule has 2 heterocycles. The van der Waals surface area contributed by atoms with E-state index in [9.17, 15) is 0 Å². The van der Waals surface area contributed by atoms with Gasteiger partial charge in [0.05, 0.1) is 21.6 Å². The zero-order valence-corrected chi connectivity index (χ0v) is 11.8. The first-order valence-electron chi connectivity index (χ1n) is 6.92. The lowest BCUT2D eigenvalue weighted by Crippen LogP contribution is -1.72. The molecule has 0 aliphatic carbocycles. The van der Waals surface area contributed by atoms with Crippen molar-refractivity contribution in [1.82, 2.24) is 9.97 Å². The van der Waals surface area contributed by atoms with Gasteiger partial charge in [-0.25, -0.2) is 0 Å². The molecule has 0 bridgehead atoms. The van der Waals surface area contributed by atoms with E-state index in [4.69, 9.17) is 11.6 Å². The number of benzene rings is 3. The van der Waals surface area contributed by atoms with Crippen LogP contribution in [0.5, 0.6) is 0 Å². The number of hydrogen-bond acceptors (Lipinski definition) is 0. The summed E-state index contributed by atoms with van der Waals surface area (Å²) in [5.41, 5.74) is 4.41. The second-order valence-electron chi connectivity index (χ2n) is 5.37. The Bertz CT molecular complexity index is 1150. The van der Waals surface area contributed by atoms with Gasteiger partial charge in [-0.3, -0.25) is 0 Å². The smallest absolute Gasteiger partial charge is 0.0710 e. The number of H-pyrrole nitrogens is 2. The zero-order chi connectivity index (χ0) is 14.0. The molecule has 0 aliphatic rings. The molecule has 0 aliphatic heterocycles. The van der Waals surface area contributed by atoms with E-state index in [1.807, 2.05) is 12.1 Å². The number of halogens is 1. The van der Waals surface area contributed by atoms with Crippen molar-refractivity contribution < 1.29 is 0 Å². The molecule has 3 aromatic carbocycles. The van der Waals surface area contributed by atoms with Crippen LogP contribution in [-0.4, -0.2) is 9.97 Å². The highest BCUT2D eigenvalue weighted by Crippen LogP contribution is 2.36. The Morgan fingerprint density at radius 2 is 1.24 bits per heavy atom. The minimum Gasteiger partial charge on any atom is -0.353 e. The molecule has 0 spiro atoms. The Labute approximate surface area is 125 Å². The first-order valence-corrected chi connectivity index (χ1v) is 7.30. The van der Waals surface area contributed by atoms with Gasteiger partial charge in [-0.15, -0.1) is 0 Å². The predicted octanol–water partition coefficient (Wildman–Crippen LogP) is 5.61. The average Bonchev–Trinajstić information content (AvgIpc) is 3.06. The highest BCUT2D eigenvalue weighted by atomic mass is 35.5. The molecular weight excluding hydrogens is 280 g/mol. The Kier molecular flexibility index (Phi) is 2.04. The first kappa shape index (κ1) is 11.2. The standard InChI is InChI=1S/C18H11ClN2/c19-14-6-3-5-11-13-9-8-12-10-4-1-2-7-15(10)20-17(12)18(13)21-16(11)14/h1-9,20-21H. The molecule has 5 rings (SSSR count). The number of para-hydroxylation sites is 2. The molecule has 0 amide bonds. The van der Waals surface area contributed by atoms with Crippen molar-refractivity contribution in [2.75, 3.05) is 0 Å². The first-order chi connectivity index (χ1) is 10.3. The Morgan fingerprint density at radius 1 is 0.571 bits per heavy atom. The maximum Gasteiger partial charge on any atom is 0.0710 e. The predicted molar refractivity (Wildman–Crippen MR) is 90.2 cm³/mol. The lowest BCUT2D eigenvalue weighted by molar-refractivity contribution is 1.51. The summed E-state index contributed by atoms with van der Waals surface area (Å²) in [4.78, 5) is 7.01. The maximum atomic E-state index is 6.32. The van der Waals surface area contributed by atoms with E-state index in [1.165, 1.54) is 16.2 Å². The van der Waals surface area contributed by atoms with Crippen LogP contribution >= 0.6 is 11.6 Å². The molecule has 2 nitrogen and oxygen atoms in total. The zero-order valence-electron chi connectivity index (χ0n) is 11.1. The lowest BCUT2D eigenvalue weighted by Gasteiger charge is -1.94. The van der Waals surface area contributed by atoms with Crippen molar-refractivity contribution in [3.05, 3.63) is 59.6 Å². The van der Waals surface area contributed by atoms with Crippen molar-refractivity contribution in [2.45, 2.75) is 0 Å². The summed E-state index contributed by atoms with van der Waals surface area (Å²) >= 11 is 6.32. The molecule has 5 aromatic rings. The largest absolute Gasteiger partial charge is 0.353 e. The monoisotopic (exact) mass is 290 g/mol. The number of fused-ring (bicyclic) bond motifs is 7. The highest BCUT2D eigenvalue weighted by molar-refractivity contribution is 6.36. The number of aromatic nitrogens is 2. The molecule has 100 valence electrons. The summed E-state index contributed by atoms with van der Waals surface area (Å²) in [5, 5.41) is 5.61. The van der Waals surface area contributed by atoms with E-state index in [0.717, 1.165) is 32.5 Å². The summed E-state index contributed by atoms with van der Waals surface area (Å²) in [6.07, 6.45) is 0. The van der Waals surface area contributed by atoms with Crippen molar-refractivity contribution in [1.29, 1.82) is 0 Å². The topological polar surface area (TPSA) is 31.6 Å². The van der Waals surface area contributed by atoms with Gasteiger partial charge < -0.3 is 9.97 Å². The van der Waals surface area contributed by atoms with Crippen LogP contribution in [0.15, 0.2) is 54.6 Å². The van der Waals surface area contributed by atoms with Gasteiger partial charge >= 0.3 is 0 Å². The fraction of sp³-hybridized carbons (Fsp3) is 0. The van der Waals surface area contributed by atoms with Crippen LogP contribution < -0.4 is 0 Å². The van der Waals surface area contributed by atoms with E-state index in [0.29, 0.717) is 0 Å². The van der Waals surface area contributed by atoms with E-state index in [2.05, 4.69) is 52.4 Å². The molecule has 0 radical (unpaired) electrons. The van der Waals surface area contributed by atoms with Gasteiger partial charge in [0.1, 0.15) is 0 Å². The third-order valence-electron chi connectivity index (χ3n) is 4.24. The average molecular weight is 291 g/mol. The molecule has 0 saturated heterocycles. The van der Waals surface area contributed by atoms with Gasteiger partial charge in [0.25, 0.3) is 0 Å². The second kappa shape index (κ2) is 3.80. The normalized spacial score (nSPS) is 12.0. The maximum absolute atomic E-state index is 6.32. The Hall–Kier alpha value is -2.45. The second-order valence-corrected chi connectivity index (χ2v) is 5.78. The van der Waals surface area contributed by atoms with Crippen LogP contribution in [0.2, 0.25) is 5.02 Å². The summed E-state index contributed by atoms with van der Waals surface area (Å²) in [6.45, 7) is 0. The van der Waals surface area contributed by atoms with Crippen LogP contribution in [-0.2, 0) is 0 Å². The molecular formula is C18H11ClN2. The van der Waals surface area contributed by atoms with Crippen LogP contribution in [0.1, 0.15) is 0 Å². The fourth-order valence-corrected chi connectivity index (χ4v) is 3.50. The third kappa shape index (κ3) is 1.38. The SMILES string of the molecule is Clc1cccc2c1[nH]c1c2ccc2c3ccccc3[nH]c21. The number of rotatable bonds is 0. The van der Waals surface area contributed by atoms with Gasteiger partial charge in [-0.2, -0.15) is 0 Å². The third-order valence-corrected chi connectivity index (χ3v) is 4.55. The van der Waals surface area contributed by atoms with Gasteiger partial charge in [-0.1, -0.05) is 54.1 Å². The Balaban J connectivity index is 2.09. The lowest BCUT2D eigenvalue weighted by atomic mass is 10.1.